The van der Waals surface area contributed by atoms with E-state index in [1.165, 1.54) is 32.1 Å². The van der Waals surface area contributed by atoms with E-state index in [9.17, 15) is 25.2 Å². The summed E-state index contributed by atoms with van der Waals surface area (Å²) in [6.45, 7) is 0.987. The Kier molecular flexibility index (Phi) is 12.5. The molecule has 0 heterocycles. The first-order valence-electron chi connectivity index (χ1n) is 8.60. The molecule has 0 aliphatic heterocycles. The van der Waals surface area contributed by atoms with Crippen molar-refractivity contribution in [1.82, 2.24) is 0 Å². The van der Waals surface area contributed by atoms with Gasteiger partial charge in [0.25, 0.3) is 0 Å². The number of hydrogen-bond donors (Lipinski definition) is 4. The van der Waals surface area contributed by atoms with Crippen molar-refractivity contribution in [2.45, 2.75) is 71.1 Å². The largest absolute Gasteiger partial charge is 0.481 e. The van der Waals surface area contributed by atoms with E-state index in [2.05, 4.69) is 6.92 Å². The Bertz CT molecular complexity index is 268. The molecule has 0 saturated carbocycles. The van der Waals surface area contributed by atoms with Crippen molar-refractivity contribution in [3.05, 3.63) is 0 Å². The predicted octanol–water partition coefficient (Wildman–Crippen LogP) is 2.57. The summed E-state index contributed by atoms with van der Waals surface area (Å²) in [5.74, 6) is -1.53. The first-order valence-corrected chi connectivity index (χ1v) is 8.60. The first kappa shape index (κ1) is 21.4. The summed E-state index contributed by atoms with van der Waals surface area (Å²) < 4.78 is 0. The van der Waals surface area contributed by atoms with E-state index >= 15 is 0 Å². The molecular weight excluding hydrogens is 284 g/mol. The monoisotopic (exact) mass is 318 g/mol. The molecule has 5 nitrogen and oxygen atoms in total. The van der Waals surface area contributed by atoms with Crippen LogP contribution in [-0.4, -0.2) is 46.2 Å². The summed E-state index contributed by atoms with van der Waals surface area (Å²) in [6, 6.07) is 0. The minimum atomic E-state index is -1.09. The fraction of sp³-hybridized carbons (Fsp3) is 0.941. The van der Waals surface area contributed by atoms with Crippen LogP contribution in [0.5, 0.6) is 0 Å². The van der Waals surface area contributed by atoms with Gasteiger partial charge in [0.15, 0.2) is 0 Å². The standard InChI is InChI=1S/C17H34O5/c1-2-3-4-5-6-7-8-9-10-15(16(21)22)11-17(12-18,13-19)14-20/h15,18-20H,2-14H2,1H3,(H,21,22). The minimum absolute atomic E-state index is 0.113. The molecule has 0 fully saturated rings. The number of carboxylic acid groups (broad SMARTS) is 1. The SMILES string of the molecule is CCCCCCCCCCC(CC(CO)(CO)CO)C(=O)O. The predicted molar refractivity (Wildman–Crippen MR) is 86.7 cm³/mol. The fourth-order valence-corrected chi connectivity index (χ4v) is 2.70. The Morgan fingerprint density at radius 3 is 1.73 bits per heavy atom. The molecule has 4 N–H and O–H groups in total. The van der Waals surface area contributed by atoms with Gasteiger partial charge in [-0.2, -0.15) is 0 Å². The van der Waals surface area contributed by atoms with Gasteiger partial charge in [-0.3, -0.25) is 4.79 Å². The minimum Gasteiger partial charge on any atom is -0.481 e. The quantitative estimate of drug-likeness (QED) is 0.348. The van der Waals surface area contributed by atoms with Crippen LogP contribution in [0.4, 0.5) is 0 Å². The topological polar surface area (TPSA) is 98.0 Å². The summed E-state index contributed by atoms with van der Waals surface area (Å²) in [5.41, 5.74) is -1.09. The maximum absolute atomic E-state index is 11.3. The second kappa shape index (κ2) is 12.9. The lowest BCUT2D eigenvalue weighted by Gasteiger charge is -2.30. The van der Waals surface area contributed by atoms with Crippen LogP contribution < -0.4 is 0 Å². The van der Waals surface area contributed by atoms with Gasteiger partial charge in [-0.1, -0.05) is 58.3 Å². The third kappa shape index (κ3) is 8.71. The van der Waals surface area contributed by atoms with Gasteiger partial charge in [-0.25, -0.2) is 0 Å². The molecule has 5 heteroatoms. The summed E-state index contributed by atoms with van der Waals surface area (Å²) in [5, 5.41) is 37.2. The summed E-state index contributed by atoms with van der Waals surface area (Å²) in [6.07, 6.45) is 9.87. The number of aliphatic carboxylic acids is 1. The molecule has 22 heavy (non-hydrogen) atoms. The lowest BCUT2D eigenvalue weighted by atomic mass is 9.79. The number of aliphatic hydroxyl groups excluding tert-OH is 3. The summed E-state index contributed by atoms with van der Waals surface area (Å²) >= 11 is 0. The van der Waals surface area contributed by atoms with Gasteiger partial charge >= 0.3 is 5.97 Å². The van der Waals surface area contributed by atoms with Gasteiger partial charge in [-0.05, 0) is 12.8 Å². The van der Waals surface area contributed by atoms with E-state index in [0.717, 1.165) is 19.3 Å². The summed E-state index contributed by atoms with van der Waals surface area (Å²) in [7, 11) is 0. The van der Waals surface area contributed by atoms with Crippen LogP contribution in [0.25, 0.3) is 0 Å². The van der Waals surface area contributed by atoms with Crippen molar-refractivity contribution in [3.8, 4) is 0 Å². The van der Waals surface area contributed by atoms with Gasteiger partial charge in [0.1, 0.15) is 0 Å². The molecule has 0 aliphatic rings. The van der Waals surface area contributed by atoms with E-state index in [4.69, 9.17) is 0 Å². The van der Waals surface area contributed by atoms with Crippen LogP contribution in [0.15, 0.2) is 0 Å². The Hall–Kier alpha value is -0.650. The van der Waals surface area contributed by atoms with Crippen molar-refractivity contribution in [3.63, 3.8) is 0 Å². The molecule has 0 spiro atoms. The molecule has 0 aromatic rings. The lowest BCUT2D eigenvalue weighted by Crippen LogP contribution is -2.37. The van der Waals surface area contributed by atoms with Crippen LogP contribution >= 0.6 is 0 Å². The molecule has 0 amide bonds. The Labute approximate surface area is 134 Å². The van der Waals surface area contributed by atoms with E-state index in [-0.39, 0.29) is 6.42 Å². The van der Waals surface area contributed by atoms with Crippen LogP contribution in [0.1, 0.15) is 71.1 Å². The highest BCUT2D eigenvalue weighted by Crippen LogP contribution is 2.28. The maximum Gasteiger partial charge on any atom is 0.306 e. The van der Waals surface area contributed by atoms with Crippen LogP contribution in [0, 0.1) is 11.3 Å². The molecule has 0 aromatic carbocycles. The maximum atomic E-state index is 11.3. The third-order valence-corrected chi connectivity index (χ3v) is 4.44. The molecular formula is C17H34O5. The van der Waals surface area contributed by atoms with Crippen molar-refractivity contribution in [2.75, 3.05) is 19.8 Å². The number of unbranched alkanes of at least 4 members (excludes halogenated alkanes) is 7. The Balaban J connectivity index is 4.03. The number of carbonyl (C=O) groups is 1. The number of aliphatic hydroxyl groups is 3. The molecule has 1 atom stereocenters. The van der Waals surface area contributed by atoms with Crippen LogP contribution in [0.2, 0.25) is 0 Å². The molecule has 1 unspecified atom stereocenters. The fourth-order valence-electron chi connectivity index (χ4n) is 2.70. The highest BCUT2D eigenvalue weighted by molar-refractivity contribution is 5.70. The normalized spacial score (nSPS) is 13.3. The molecule has 0 radical (unpaired) electrons. The van der Waals surface area contributed by atoms with Crippen molar-refractivity contribution in [1.29, 1.82) is 0 Å². The van der Waals surface area contributed by atoms with Crippen molar-refractivity contribution < 1.29 is 25.2 Å². The number of carboxylic acids is 1. The zero-order valence-corrected chi connectivity index (χ0v) is 14.0. The van der Waals surface area contributed by atoms with Gasteiger partial charge in [0.05, 0.1) is 25.7 Å². The zero-order valence-electron chi connectivity index (χ0n) is 14.0. The first-order chi connectivity index (χ1) is 10.5. The third-order valence-electron chi connectivity index (χ3n) is 4.44. The van der Waals surface area contributed by atoms with Crippen molar-refractivity contribution >= 4 is 5.97 Å². The molecule has 132 valence electrons. The molecule has 0 saturated heterocycles. The second-order valence-electron chi connectivity index (χ2n) is 6.48. The highest BCUT2D eigenvalue weighted by Gasteiger charge is 2.34. The smallest absolute Gasteiger partial charge is 0.306 e. The highest BCUT2D eigenvalue weighted by atomic mass is 16.4. The van der Waals surface area contributed by atoms with E-state index < -0.39 is 37.1 Å². The van der Waals surface area contributed by atoms with Crippen molar-refractivity contribution in [2.24, 2.45) is 11.3 Å². The van der Waals surface area contributed by atoms with E-state index in [1.54, 1.807) is 0 Å². The number of hydrogen-bond acceptors (Lipinski definition) is 4. The van der Waals surface area contributed by atoms with Crippen LogP contribution in [0.3, 0.4) is 0 Å². The summed E-state index contributed by atoms with van der Waals surface area (Å²) in [4.78, 5) is 11.3. The van der Waals surface area contributed by atoms with Gasteiger partial charge in [-0.15, -0.1) is 0 Å². The van der Waals surface area contributed by atoms with Crippen LogP contribution in [-0.2, 0) is 4.79 Å². The molecule has 0 aromatic heterocycles. The van der Waals surface area contributed by atoms with Gasteiger partial charge in [0.2, 0.25) is 0 Å². The average Bonchev–Trinajstić information content (AvgIpc) is 2.53. The van der Waals surface area contributed by atoms with E-state index in [0.29, 0.717) is 6.42 Å². The second-order valence-corrected chi connectivity index (χ2v) is 6.48. The van der Waals surface area contributed by atoms with Gasteiger partial charge in [0, 0.05) is 5.41 Å². The Morgan fingerprint density at radius 2 is 1.32 bits per heavy atom. The molecule has 0 rings (SSSR count). The average molecular weight is 318 g/mol. The van der Waals surface area contributed by atoms with Gasteiger partial charge < -0.3 is 20.4 Å². The molecule has 0 bridgehead atoms. The Morgan fingerprint density at radius 1 is 0.864 bits per heavy atom. The van der Waals surface area contributed by atoms with E-state index in [1.807, 2.05) is 0 Å². The molecule has 0 aliphatic carbocycles. The lowest BCUT2D eigenvalue weighted by molar-refractivity contribution is -0.144. The zero-order chi connectivity index (χ0) is 16.8. The number of rotatable bonds is 15.